The fourth-order valence-corrected chi connectivity index (χ4v) is 4.39. The average Bonchev–Trinajstić information content (AvgIpc) is 3.19. The summed E-state index contributed by atoms with van der Waals surface area (Å²) in [4.78, 5) is 15.3. The lowest BCUT2D eigenvalue weighted by atomic mass is 9.98. The number of rotatable bonds is 4. The Morgan fingerprint density at radius 2 is 1.84 bits per heavy atom. The van der Waals surface area contributed by atoms with Crippen LogP contribution in [-0.2, 0) is 0 Å². The molecule has 0 saturated heterocycles. The van der Waals surface area contributed by atoms with Gasteiger partial charge in [0.15, 0.2) is 0 Å². The number of aromatic nitrogens is 2. The third-order valence-corrected chi connectivity index (χ3v) is 6.21. The van der Waals surface area contributed by atoms with Crippen LogP contribution in [0.1, 0.15) is 36.6 Å². The Morgan fingerprint density at radius 3 is 2.66 bits per heavy atom. The Hall–Kier alpha value is -3.44. The lowest BCUT2D eigenvalue weighted by Gasteiger charge is -2.38. The summed E-state index contributed by atoms with van der Waals surface area (Å²) in [6, 6.07) is 14.9. The largest absolute Gasteiger partial charge is 0.464 e. The zero-order valence-electron chi connectivity index (χ0n) is 18.2. The lowest BCUT2D eigenvalue weighted by Crippen LogP contribution is -2.34. The van der Waals surface area contributed by atoms with E-state index in [1.54, 1.807) is 18.7 Å². The summed E-state index contributed by atoms with van der Waals surface area (Å²) in [6.45, 7) is 6.41. The number of hydrogen-bond donors (Lipinski definition) is 0. The van der Waals surface area contributed by atoms with E-state index in [4.69, 9.17) is 16.0 Å². The van der Waals surface area contributed by atoms with E-state index in [2.05, 4.69) is 83.1 Å². The maximum absolute atomic E-state index is 5.86. The summed E-state index contributed by atoms with van der Waals surface area (Å²) >= 11 is 5.86. The second-order valence-electron chi connectivity index (χ2n) is 8.06. The van der Waals surface area contributed by atoms with E-state index in [1.165, 1.54) is 5.56 Å². The van der Waals surface area contributed by atoms with Crippen LogP contribution >= 0.6 is 11.6 Å². The zero-order valence-corrected chi connectivity index (χ0v) is 18.9. The molecule has 0 aliphatic carbocycles. The van der Waals surface area contributed by atoms with E-state index < -0.39 is 0 Å². The van der Waals surface area contributed by atoms with Gasteiger partial charge in [-0.3, -0.25) is 4.99 Å². The second-order valence-corrected chi connectivity index (χ2v) is 8.40. The first-order valence-electron chi connectivity index (χ1n) is 10.6. The highest BCUT2D eigenvalue weighted by Crippen LogP contribution is 2.36. The van der Waals surface area contributed by atoms with Crippen LogP contribution in [0.4, 0.5) is 0 Å². The molecule has 160 valence electrons. The molecule has 2 aromatic carbocycles. The van der Waals surface area contributed by atoms with Crippen LogP contribution in [0.2, 0.25) is 5.28 Å². The van der Waals surface area contributed by atoms with Gasteiger partial charge in [0, 0.05) is 35.3 Å². The van der Waals surface area contributed by atoms with Crippen molar-refractivity contribution in [3.05, 3.63) is 89.2 Å². The Morgan fingerprint density at radius 1 is 1.03 bits per heavy atom. The third-order valence-electron chi connectivity index (χ3n) is 6.02. The number of halogens is 1. The van der Waals surface area contributed by atoms with Crippen LogP contribution in [0.25, 0.3) is 27.8 Å². The third kappa shape index (κ3) is 3.69. The van der Waals surface area contributed by atoms with E-state index >= 15 is 0 Å². The van der Waals surface area contributed by atoms with Gasteiger partial charge >= 0.3 is 0 Å². The maximum atomic E-state index is 5.86. The van der Waals surface area contributed by atoms with Crippen molar-refractivity contribution in [1.82, 2.24) is 14.9 Å². The fourth-order valence-electron chi connectivity index (χ4n) is 4.29. The van der Waals surface area contributed by atoms with Crippen LogP contribution in [0.3, 0.4) is 0 Å². The number of aryl methyl sites for hydroxylation is 1. The molecule has 1 aliphatic heterocycles. The molecule has 0 amide bonds. The molecule has 0 N–H and O–H groups in total. The van der Waals surface area contributed by atoms with E-state index in [-0.39, 0.29) is 17.5 Å². The topological polar surface area (TPSA) is 54.5 Å². The maximum Gasteiger partial charge on any atom is 0.222 e. The van der Waals surface area contributed by atoms with Gasteiger partial charge in [-0.25, -0.2) is 9.97 Å². The predicted molar refractivity (Wildman–Crippen MR) is 130 cm³/mol. The molecule has 2 aromatic heterocycles. The number of nitrogens with zero attached hydrogens (tertiary/aromatic N) is 4. The minimum absolute atomic E-state index is 0.00802. The smallest absolute Gasteiger partial charge is 0.222 e. The van der Waals surface area contributed by atoms with Gasteiger partial charge in [-0.05, 0) is 85.0 Å². The number of hydrogen-bond acceptors (Lipinski definition) is 5. The van der Waals surface area contributed by atoms with Crippen molar-refractivity contribution in [2.45, 2.75) is 33.0 Å². The number of aliphatic imine (C=N–C) groups is 1. The van der Waals surface area contributed by atoms with Gasteiger partial charge in [0.25, 0.3) is 0 Å². The molecular formula is C26H23ClN4O. The number of fused-ring (bicyclic) bond motifs is 1. The SMILES string of the molecule is Cc1coc2ccc(C3=CC=NC(C)N3[C@@H](C)c3cccc(-c4cnc(Cl)nc4)c3)cc12. The summed E-state index contributed by atoms with van der Waals surface area (Å²) in [6.07, 6.45) is 9.30. The second kappa shape index (κ2) is 8.24. The van der Waals surface area contributed by atoms with E-state index in [0.29, 0.717) is 0 Å². The molecule has 1 unspecified atom stereocenters. The Balaban J connectivity index is 1.52. The molecule has 0 fully saturated rings. The van der Waals surface area contributed by atoms with Gasteiger partial charge in [0.1, 0.15) is 11.7 Å². The lowest BCUT2D eigenvalue weighted by molar-refractivity contribution is 0.252. The quantitative estimate of drug-likeness (QED) is 0.330. The number of allylic oxidation sites excluding steroid dienone is 1. The van der Waals surface area contributed by atoms with Crippen LogP contribution < -0.4 is 0 Å². The number of benzene rings is 2. The monoisotopic (exact) mass is 442 g/mol. The molecule has 32 heavy (non-hydrogen) atoms. The first-order chi connectivity index (χ1) is 15.5. The molecule has 0 bridgehead atoms. The summed E-state index contributed by atoms with van der Waals surface area (Å²) < 4.78 is 5.64. The fraction of sp³-hybridized carbons (Fsp3) is 0.192. The summed E-state index contributed by atoms with van der Waals surface area (Å²) in [5.74, 6) is 0. The highest BCUT2D eigenvalue weighted by atomic mass is 35.5. The van der Waals surface area contributed by atoms with Crippen LogP contribution in [0.5, 0.6) is 0 Å². The summed E-state index contributed by atoms with van der Waals surface area (Å²) in [7, 11) is 0. The van der Waals surface area contributed by atoms with Gasteiger partial charge in [-0.1, -0.05) is 18.2 Å². The van der Waals surface area contributed by atoms with Crippen LogP contribution in [-0.4, -0.2) is 27.2 Å². The van der Waals surface area contributed by atoms with Gasteiger partial charge in [-0.2, -0.15) is 0 Å². The molecule has 5 rings (SSSR count). The molecule has 1 aliphatic rings. The Bertz CT molecular complexity index is 1340. The molecule has 6 heteroatoms. The van der Waals surface area contributed by atoms with Crippen molar-refractivity contribution in [1.29, 1.82) is 0 Å². The van der Waals surface area contributed by atoms with E-state index in [1.807, 2.05) is 12.3 Å². The summed E-state index contributed by atoms with van der Waals surface area (Å²) in [5.41, 5.74) is 7.51. The predicted octanol–water partition coefficient (Wildman–Crippen LogP) is 6.69. The highest BCUT2D eigenvalue weighted by molar-refractivity contribution is 6.28. The average molecular weight is 443 g/mol. The minimum atomic E-state index is 0.00802. The van der Waals surface area contributed by atoms with Crippen LogP contribution in [0, 0.1) is 6.92 Å². The van der Waals surface area contributed by atoms with Gasteiger partial charge in [0.2, 0.25) is 5.28 Å². The molecule has 5 nitrogen and oxygen atoms in total. The highest BCUT2D eigenvalue weighted by Gasteiger charge is 2.26. The Labute approximate surface area is 192 Å². The first-order valence-corrected chi connectivity index (χ1v) is 11.0. The van der Waals surface area contributed by atoms with Crippen molar-refractivity contribution >= 4 is 34.5 Å². The molecular weight excluding hydrogens is 420 g/mol. The standard InChI is InChI=1S/C26H23ClN4O/c1-16-15-32-25-8-7-21(12-23(16)25)24-9-10-28-18(3)31(24)17(2)19-5-4-6-20(11-19)22-13-29-26(27)30-14-22/h4-15,17-18H,1-3H3/t17-,18?/m0/s1. The molecule has 0 spiro atoms. The molecule has 0 saturated carbocycles. The van der Waals surface area contributed by atoms with E-state index in [0.717, 1.165) is 38.9 Å². The summed E-state index contributed by atoms with van der Waals surface area (Å²) in [5, 5.41) is 1.38. The zero-order chi connectivity index (χ0) is 22.2. The number of furan rings is 1. The molecule has 2 atom stereocenters. The van der Waals surface area contributed by atoms with Crippen molar-refractivity contribution in [3.63, 3.8) is 0 Å². The van der Waals surface area contributed by atoms with Gasteiger partial charge in [0.05, 0.1) is 12.3 Å². The van der Waals surface area contributed by atoms with Gasteiger partial charge < -0.3 is 9.32 Å². The molecule has 3 heterocycles. The molecule has 4 aromatic rings. The first kappa shape index (κ1) is 20.5. The van der Waals surface area contributed by atoms with Crippen molar-refractivity contribution in [3.8, 4) is 11.1 Å². The van der Waals surface area contributed by atoms with E-state index in [9.17, 15) is 0 Å². The Kier molecular flexibility index (Phi) is 5.27. The van der Waals surface area contributed by atoms with Crippen molar-refractivity contribution in [2.75, 3.05) is 0 Å². The van der Waals surface area contributed by atoms with Crippen LogP contribution in [0.15, 0.2) is 76.6 Å². The minimum Gasteiger partial charge on any atom is -0.464 e. The normalized spacial score (nSPS) is 16.9. The molecule has 0 radical (unpaired) electrons. The van der Waals surface area contributed by atoms with Crippen molar-refractivity contribution in [2.24, 2.45) is 4.99 Å². The van der Waals surface area contributed by atoms with Crippen molar-refractivity contribution < 1.29 is 4.42 Å². The van der Waals surface area contributed by atoms with Gasteiger partial charge in [-0.15, -0.1) is 0 Å².